The Balaban J connectivity index is 1.67. The Morgan fingerprint density at radius 2 is 1.71 bits per heavy atom. The Hall–Kier alpha value is -3.48. The number of rotatable bonds is 9. The van der Waals surface area contributed by atoms with Crippen LogP contribution in [0.1, 0.15) is 63.5 Å². The fourth-order valence-electron chi connectivity index (χ4n) is 4.52. The quantitative estimate of drug-likeness (QED) is 0.363. The Morgan fingerprint density at radius 1 is 1.00 bits per heavy atom. The van der Waals surface area contributed by atoms with E-state index in [-0.39, 0.29) is 11.7 Å². The van der Waals surface area contributed by atoms with Gasteiger partial charge in [0.15, 0.2) is 5.82 Å². The first-order chi connectivity index (χ1) is 16.4. The molecule has 34 heavy (non-hydrogen) atoms. The fraction of sp³-hybridized carbons (Fsp3) is 0.407. The minimum atomic E-state index is 0.0952. The topological polar surface area (TPSA) is 81.4 Å². The third-order valence-corrected chi connectivity index (χ3v) is 6.67. The predicted octanol–water partition coefficient (Wildman–Crippen LogP) is 5.41. The highest BCUT2D eigenvalue weighted by Gasteiger charge is 2.20. The molecular weight excluding hydrogens is 424 g/mol. The summed E-state index contributed by atoms with van der Waals surface area (Å²) in [7, 11) is 0. The maximum absolute atomic E-state index is 13.4. The third-order valence-electron chi connectivity index (χ3n) is 6.67. The van der Waals surface area contributed by atoms with Crippen LogP contribution in [0.4, 0.5) is 0 Å². The third kappa shape index (κ3) is 4.74. The number of aromatic amines is 1. The smallest absolute Gasteiger partial charge is 0.294 e. The lowest BCUT2D eigenvalue weighted by Crippen LogP contribution is -2.27. The van der Waals surface area contributed by atoms with Crippen LogP contribution in [0.25, 0.3) is 22.5 Å². The van der Waals surface area contributed by atoms with Crippen molar-refractivity contribution in [3.05, 3.63) is 76.0 Å². The van der Waals surface area contributed by atoms with Gasteiger partial charge in [0.1, 0.15) is 0 Å². The molecule has 1 atom stereocenters. The summed E-state index contributed by atoms with van der Waals surface area (Å²) in [5.74, 6) is 1.23. The van der Waals surface area contributed by atoms with Gasteiger partial charge in [-0.2, -0.15) is 0 Å². The van der Waals surface area contributed by atoms with Gasteiger partial charge in [-0.25, -0.2) is 9.89 Å². The summed E-state index contributed by atoms with van der Waals surface area (Å²) in [4.78, 5) is 13.4. The molecule has 0 bridgehead atoms. The molecule has 4 rings (SSSR count). The first-order valence-electron chi connectivity index (χ1n) is 12.1. The molecule has 0 aliphatic carbocycles. The number of hydrogen-bond acceptors (Lipinski definition) is 4. The van der Waals surface area contributed by atoms with E-state index in [1.807, 2.05) is 27.3 Å². The van der Waals surface area contributed by atoms with E-state index in [1.165, 1.54) is 0 Å². The summed E-state index contributed by atoms with van der Waals surface area (Å²) in [6.07, 6.45) is 2.92. The molecule has 0 saturated carbocycles. The molecule has 0 saturated heterocycles. The van der Waals surface area contributed by atoms with E-state index in [4.69, 9.17) is 0 Å². The Morgan fingerprint density at radius 3 is 2.32 bits per heavy atom. The second-order valence-corrected chi connectivity index (χ2v) is 9.45. The molecule has 0 aliphatic rings. The van der Waals surface area contributed by atoms with Crippen LogP contribution in [0.2, 0.25) is 0 Å². The van der Waals surface area contributed by atoms with Gasteiger partial charge in [-0.3, -0.25) is 9.13 Å². The summed E-state index contributed by atoms with van der Waals surface area (Å²) >= 11 is 0. The highest BCUT2D eigenvalue weighted by atomic mass is 16.1. The minimum Gasteiger partial charge on any atom is -0.294 e. The highest BCUT2D eigenvalue weighted by molar-refractivity contribution is 5.80. The predicted molar refractivity (Wildman–Crippen MR) is 136 cm³/mol. The van der Waals surface area contributed by atoms with E-state index in [9.17, 15) is 4.79 Å². The van der Waals surface area contributed by atoms with Gasteiger partial charge in [0, 0.05) is 23.0 Å². The molecule has 0 spiro atoms. The lowest BCUT2D eigenvalue weighted by molar-refractivity contribution is 0.496. The Bertz CT molecular complexity index is 1280. The molecule has 178 valence electrons. The molecule has 0 amide bonds. The molecule has 7 heteroatoms. The van der Waals surface area contributed by atoms with Crippen LogP contribution < -0.4 is 5.69 Å². The van der Waals surface area contributed by atoms with Crippen molar-refractivity contribution in [1.82, 2.24) is 29.8 Å². The highest BCUT2D eigenvalue weighted by Crippen LogP contribution is 2.30. The summed E-state index contributed by atoms with van der Waals surface area (Å²) in [5, 5.41) is 14.3. The molecule has 2 heterocycles. The number of benzene rings is 2. The molecule has 4 aromatic rings. The van der Waals surface area contributed by atoms with Gasteiger partial charge >= 0.3 is 5.69 Å². The van der Waals surface area contributed by atoms with Crippen molar-refractivity contribution in [2.45, 2.75) is 66.5 Å². The summed E-state index contributed by atoms with van der Waals surface area (Å²) in [5.41, 5.74) is 6.55. The van der Waals surface area contributed by atoms with E-state index < -0.39 is 0 Å². The molecule has 7 nitrogen and oxygen atoms in total. The second kappa shape index (κ2) is 10.2. The molecule has 2 aromatic heterocycles. The number of aromatic nitrogens is 6. The number of nitrogens with one attached hydrogen (secondary N) is 1. The molecule has 0 aliphatic heterocycles. The van der Waals surface area contributed by atoms with Gasteiger partial charge in [0.2, 0.25) is 0 Å². The van der Waals surface area contributed by atoms with E-state index in [0.29, 0.717) is 18.3 Å². The largest absolute Gasteiger partial charge is 0.329 e. The van der Waals surface area contributed by atoms with Crippen molar-refractivity contribution in [2.75, 3.05) is 0 Å². The van der Waals surface area contributed by atoms with Crippen LogP contribution in [-0.2, 0) is 13.0 Å². The zero-order valence-corrected chi connectivity index (χ0v) is 20.7. The van der Waals surface area contributed by atoms with Crippen LogP contribution >= 0.6 is 0 Å². The van der Waals surface area contributed by atoms with Gasteiger partial charge in [0.25, 0.3) is 0 Å². The molecule has 1 unspecified atom stereocenters. The van der Waals surface area contributed by atoms with Crippen molar-refractivity contribution in [2.24, 2.45) is 5.92 Å². The van der Waals surface area contributed by atoms with Crippen LogP contribution in [0.3, 0.4) is 0 Å². The van der Waals surface area contributed by atoms with Crippen LogP contribution in [0.15, 0.2) is 53.3 Å². The van der Waals surface area contributed by atoms with Gasteiger partial charge in [-0.05, 0) is 66.1 Å². The Labute approximate surface area is 200 Å². The van der Waals surface area contributed by atoms with Crippen molar-refractivity contribution < 1.29 is 0 Å². The fourth-order valence-corrected chi connectivity index (χ4v) is 4.52. The standard InChI is InChI=1S/C27H34N6O/c1-6-19(4)33-20(5)25(16-11-18(2)3)32(27(33)34)17-21-12-14-22(15-13-21)23-9-7-8-10-24(23)26-28-30-31-29-26/h7-10,12-15,18-19H,6,11,16-17H2,1-5H3,(H,28,29,30,31). The summed E-state index contributed by atoms with van der Waals surface area (Å²) in [6.45, 7) is 11.4. The molecule has 2 aromatic carbocycles. The van der Waals surface area contributed by atoms with Gasteiger partial charge in [-0.15, -0.1) is 5.10 Å². The maximum atomic E-state index is 13.4. The number of nitrogens with zero attached hydrogens (tertiary/aromatic N) is 5. The van der Waals surface area contributed by atoms with Crippen molar-refractivity contribution in [3.63, 3.8) is 0 Å². The second-order valence-electron chi connectivity index (χ2n) is 9.45. The molecule has 1 N–H and O–H groups in total. The normalized spacial score (nSPS) is 12.4. The van der Waals surface area contributed by atoms with Crippen molar-refractivity contribution in [3.8, 4) is 22.5 Å². The average Bonchev–Trinajstić information content (AvgIpc) is 3.45. The minimum absolute atomic E-state index is 0.0952. The van der Waals surface area contributed by atoms with Gasteiger partial charge in [-0.1, -0.05) is 69.3 Å². The molecule has 0 radical (unpaired) electrons. The Kier molecular flexibility index (Phi) is 7.10. The van der Waals surface area contributed by atoms with Crippen molar-refractivity contribution in [1.29, 1.82) is 0 Å². The number of imidazole rings is 1. The van der Waals surface area contributed by atoms with E-state index in [0.717, 1.165) is 52.9 Å². The maximum Gasteiger partial charge on any atom is 0.329 e. The number of tetrazole rings is 1. The lowest BCUT2D eigenvalue weighted by atomic mass is 9.98. The number of hydrogen-bond donors (Lipinski definition) is 1. The van der Waals surface area contributed by atoms with Gasteiger partial charge < -0.3 is 0 Å². The van der Waals surface area contributed by atoms with E-state index >= 15 is 0 Å². The van der Waals surface area contributed by atoms with Crippen LogP contribution in [0, 0.1) is 12.8 Å². The lowest BCUT2D eigenvalue weighted by Gasteiger charge is -2.12. The van der Waals surface area contributed by atoms with E-state index in [1.54, 1.807) is 0 Å². The monoisotopic (exact) mass is 458 g/mol. The van der Waals surface area contributed by atoms with E-state index in [2.05, 4.69) is 85.6 Å². The summed E-state index contributed by atoms with van der Waals surface area (Å²) in [6, 6.07) is 16.7. The zero-order chi connectivity index (χ0) is 24.2. The first-order valence-corrected chi connectivity index (χ1v) is 12.1. The SMILES string of the molecule is CCC(C)n1c(C)c(CCC(C)C)n(Cc2ccc(-c3ccccc3-c3nnn[nH]3)cc2)c1=O. The zero-order valence-electron chi connectivity index (χ0n) is 20.7. The molecular formula is C27H34N6O. The van der Waals surface area contributed by atoms with Crippen molar-refractivity contribution >= 4 is 0 Å². The van der Waals surface area contributed by atoms with Gasteiger partial charge in [0.05, 0.1) is 6.54 Å². The molecule has 0 fully saturated rings. The van der Waals surface area contributed by atoms with Crippen LogP contribution in [0.5, 0.6) is 0 Å². The average molecular weight is 459 g/mol. The summed E-state index contributed by atoms with van der Waals surface area (Å²) < 4.78 is 3.96. The number of H-pyrrole nitrogens is 1. The first kappa shape index (κ1) is 23.7. The van der Waals surface area contributed by atoms with Crippen LogP contribution in [-0.4, -0.2) is 29.8 Å².